The molecule has 0 unspecified atom stereocenters. The smallest absolute Gasteiger partial charge is 0.401 e. The highest BCUT2D eigenvalue weighted by molar-refractivity contribution is 5.95. The minimum absolute atomic E-state index is 0.179. The first-order chi connectivity index (χ1) is 11.8. The summed E-state index contributed by atoms with van der Waals surface area (Å²) in [6, 6.07) is 5.18. The first kappa shape index (κ1) is 17.7. The molecule has 1 saturated heterocycles. The lowest BCUT2D eigenvalue weighted by molar-refractivity contribution is -0.148. The summed E-state index contributed by atoms with van der Waals surface area (Å²) >= 11 is 0. The van der Waals surface area contributed by atoms with Gasteiger partial charge < -0.3 is 9.73 Å². The van der Waals surface area contributed by atoms with E-state index in [1.165, 1.54) is 4.90 Å². The highest BCUT2D eigenvalue weighted by Crippen LogP contribution is 2.22. The zero-order valence-corrected chi connectivity index (χ0v) is 13.9. The lowest BCUT2D eigenvalue weighted by Crippen LogP contribution is -2.42. The fourth-order valence-corrected chi connectivity index (χ4v) is 3.06. The van der Waals surface area contributed by atoms with Gasteiger partial charge in [0.2, 0.25) is 0 Å². The Kier molecular flexibility index (Phi) is 4.99. The van der Waals surface area contributed by atoms with Crippen molar-refractivity contribution in [2.45, 2.75) is 25.9 Å². The predicted molar refractivity (Wildman–Crippen MR) is 86.3 cm³/mol. The van der Waals surface area contributed by atoms with Gasteiger partial charge in [-0.05, 0) is 50.9 Å². The highest BCUT2D eigenvalue weighted by atomic mass is 19.4. The SMILES string of the molecule is Cc1ccc2oc(C(=O)NCC3CCN(CC(F)(F)F)CC3)cc2n1. The number of carbonyl (C=O) groups excluding carboxylic acids is 1. The van der Waals surface area contributed by atoms with E-state index in [1.807, 2.05) is 13.0 Å². The fraction of sp³-hybridized carbons (Fsp3) is 0.529. The first-order valence-corrected chi connectivity index (χ1v) is 8.25. The number of piperidine rings is 1. The minimum Gasteiger partial charge on any atom is -0.449 e. The van der Waals surface area contributed by atoms with Crippen molar-refractivity contribution in [3.05, 3.63) is 29.7 Å². The molecule has 2 aromatic heterocycles. The predicted octanol–water partition coefficient (Wildman–Crippen LogP) is 3.14. The molecule has 5 nitrogen and oxygen atoms in total. The van der Waals surface area contributed by atoms with Crippen molar-refractivity contribution in [2.75, 3.05) is 26.2 Å². The number of halogens is 3. The van der Waals surface area contributed by atoms with E-state index in [0.717, 1.165) is 5.69 Å². The normalized spacial score (nSPS) is 17.1. The summed E-state index contributed by atoms with van der Waals surface area (Å²) in [5.41, 5.74) is 2.02. The van der Waals surface area contributed by atoms with Crippen LogP contribution in [-0.2, 0) is 0 Å². The molecule has 0 bridgehead atoms. The Bertz CT molecular complexity index is 749. The van der Waals surface area contributed by atoms with Crippen LogP contribution in [0.15, 0.2) is 22.6 Å². The molecule has 0 saturated carbocycles. The van der Waals surface area contributed by atoms with Crippen molar-refractivity contribution in [2.24, 2.45) is 5.92 Å². The summed E-state index contributed by atoms with van der Waals surface area (Å²) in [5.74, 6) is 0.0502. The second-order valence-electron chi connectivity index (χ2n) is 6.49. The van der Waals surface area contributed by atoms with E-state index in [4.69, 9.17) is 4.42 Å². The van der Waals surface area contributed by atoms with Gasteiger partial charge in [-0.3, -0.25) is 9.69 Å². The summed E-state index contributed by atoms with van der Waals surface area (Å²) in [5, 5.41) is 2.81. The quantitative estimate of drug-likeness (QED) is 0.915. The van der Waals surface area contributed by atoms with Gasteiger partial charge in [0.1, 0.15) is 5.52 Å². The van der Waals surface area contributed by atoms with Crippen LogP contribution in [0.5, 0.6) is 0 Å². The summed E-state index contributed by atoms with van der Waals surface area (Å²) < 4.78 is 42.6. The van der Waals surface area contributed by atoms with E-state index in [0.29, 0.717) is 43.6 Å². The van der Waals surface area contributed by atoms with Gasteiger partial charge in [-0.2, -0.15) is 13.2 Å². The summed E-state index contributed by atoms with van der Waals surface area (Å²) in [6.07, 6.45) is -2.89. The van der Waals surface area contributed by atoms with Gasteiger partial charge in [-0.25, -0.2) is 4.98 Å². The van der Waals surface area contributed by atoms with E-state index in [-0.39, 0.29) is 17.6 Å². The van der Waals surface area contributed by atoms with Crippen LogP contribution < -0.4 is 5.32 Å². The monoisotopic (exact) mass is 355 g/mol. The van der Waals surface area contributed by atoms with E-state index in [2.05, 4.69) is 10.3 Å². The van der Waals surface area contributed by atoms with Gasteiger partial charge in [0.15, 0.2) is 11.3 Å². The van der Waals surface area contributed by atoms with Crippen molar-refractivity contribution in [3.63, 3.8) is 0 Å². The number of nitrogens with one attached hydrogen (secondary N) is 1. The topological polar surface area (TPSA) is 58.4 Å². The number of alkyl halides is 3. The van der Waals surface area contributed by atoms with Crippen molar-refractivity contribution in [1.82, 2.24) is 15.2 Å². The van der Waals surface area contributed by atoms with Gasteiger partial charge in [-0.15, -0.1) is 0 Å². The average molecular weight is 355 g/mol. The van der Waals surface area contributed by atoms with Gasteiger partial charge >= 0.3 is 6.18 Å². The highest BCUT2D eigenvalue weighted by Gasteiger charge is 2.32. The molecule has 136 valence electrons. The third-order valence-corrected chi connectivity index (χ3v) is 4.40. The number of hydrogen-bond donors (Lipinski definition) is 1. The van der Waals surface area contributed by atoms with Crippen molar-refractivity contribution < 1.29 is 22.4 Å². The van der Waals surface area contributed by atoms with Crippen LogP contribution in [-0.4, -0.2) is 48.1 Å². The van der Waals surface area contributed by atoms with Crippen LogP contribution in [0, 0.1) is 12.8 Å². The van der Waals surface area contributed by atoms with Crippen molar-refractivity contribution in [3.8, 4) is 0 Å². The molecule has 1 amide bonds. The molecule has 0 radical (unpaired) electrons. The van der Waals surface area contributed by atoms with Crippen molar-refractivity contribution in [1.29, 1.82) is 0 Å². The van der Waals surface area contributed by atoms with Crippen LogP contribution in [0.2, 0.25) is 0 Å². The zero-order valence-electron chi connectivity index (χ0n) is 13.9. The van der Waals surface area contributed by atoms with Crippen LogP contribution >= 0.6 is 0 Å². The summed E-state index contributed by atoms with van der Waals surface area (Å²) in [7, 11) is 0. The standard InChI is InChI=1S/C17H20F3N3O2/c1-11-2-3-14-13(22-11)8-15(25-14)16(24)21-9-12-4-6-23(7-5-12)10-17(18,19)20/h2-3,8,12H,4-7,9-10H2,1H3,(H,21,24). The molecule has 1 aliphatic heterocycles. The average Bonchev–Trinajstić information content (AvgIpc) is 2.95. The molecule has 8 heteroatoms. The van der Waals surface area contributed by atoms with Gasteiger partial charge in [0.05, 0.1) is 6.54 Å². The fourth-order valence-electron chi connectivity index (χ4n) is 3.06. The molecule has 1 fully saturated rings. The van der Waals surface area contributed by atoms with Crippen molar-refractivity contribution >= 4 is 17.0 Å². The Morgan fingerprint density at radius 2 is 2.08 bits per heavy atom. The van der Waals surface area contributed by atoms with E-state index in [9.17, 15) is 18.0 Å². The maximum absolute atomic E-state index is 12.4. The molecule has 25 heavy (non-hydrogen) atoms. The third kappa shape index (κ3) is 4.72. The number of carbonyl (C=O) groups is 1. The first-order valence-electron chi connectivity index (χ1n) is 8.25. The molecule has 0 aliphatic carbocycles. The largest absolute Gasteiger partial charge is 0.449 e. The maximum atomic E-state index is 12.4. The van der Waals surface area contributed by atoms with Crippen LogP contribution in [0.4, 0.5) is 13.2 Å². The molecule has 0 spiro atoms. The van der Waals surface area contributed by atoms with E-state index < -0.39 is 12.7 Å². The van der Waals surface area contributed by atoms with Crippen LogP contribution in [0.1, 0.15) is 29.1 Å². The number of furan rings is 1. The molecule has 0 atom stereocenters. The Labute approximate surface area is 143 Å². The molecular weight excluding hydrogens is 335 g/mol. The zero-order chi connectivity index (χ0) is 18.0. The van der Waals surface area contributed by atoms with Gasteiger partial charge in [0.25, 0.3) is 5.91 Å². The minimum atomic E-state index is -4.16. The second-order valence-corrected chi connectivity index (χ2v) is 6.49. The summed E-state index contributed by atoms with van der Waals surface area (Å²) in [6.45, 7) is 2.22. The number of aromatic nitrogens is 1. The Hall–Kier alpha value is -2.09. The Balaban J connectivity index is 1.49. The molecule has 2 aromatic rings. The number of rotatable bonds is 4. The van der Waals surface area contributed by atoms with E-state index >= 15 is 0 Å². The number of pyridine rings is 1. The number of likely N-dealkylation sites (tertiary alicyclic amines) is 1. The van der Waals surface area contributed by atoms with Gasteiger partial charge in [-0.1, -0.05) is 0 Å². The van der Waals surface area contributed by atoms with E-state index in [1.54, 1.807) is 12.1 Å². The van der Waals surface area contributed by atoms with Crippen LogP contribution in [0.25, 0.3) is 11.1 Å². The number of fused-ring (bicyclic) bond motifs is 1. The second kappa shape index (κ2) is 7.03. The summed E-state index contributed by atoms with van der Waals surface area (Å²) in [4.78, 5) is 17.9. The van der Waals surface area contributed by atoms with Crippen LogP contribution in [0.3, 0.4) is 0 Å². The lowest BCUT2D eigenvalue weighted by Gasteiger charge is -2.32. The Morgan fingerprint density at radius 1 is 1.36 bits per heavy atom. The molecule has 3 rings (SSSR count). The Morgan fingerprint density at radius 3 is 2.76 bits per heavy atom. The molecule has 1 aliphatic rings. The number of aryl methyl sites for hydroxylation is 1. The molecule has 0 aromatic carbocycles. The maximum Gasteiger partial charge on any atom is 0.401 e. The molecule has 3 heterocycles. The molecular formula is C17H20F3N3O2. The number of hydrogen-bond acceptors (Lipinski definition) is 4. The molecule has 1 N–H and O–H groups in total. The lowest BCUT2D eigenvalue weighted by atomic mass is 9.97. The third-order valence-electron chi connectivity index (χ3n) is 4.40. The number of amides is 1. The van der Waals surface area contributed by atoms with Gasteiger partial charge in [0, 0.05) is 18.3 Å². The number of nitrogens with zero attached hydrogens (tertiary/aromatic N) is 2.